The zero-order valence-corrected chi connectivity index (χ0v) is 18.5. The third-order valence-corrected chi connectivity index (χ3v) is 5.19. The molecule has 0 aliphatic heterocycles. The van der Waals surface area contributed by atoms with Crippen LogP contribution in [0.15, 0.2) is 103 Å². The summed E-state index contributed by atoms with van der Waals surface area (Å²) in [5.41, 5.74) is 3.54. The van der Waals surface area contributed by atoms with Crippen molar-refractivity contribution >= 4 is 5.91 Å². The fraction of sp³-hybridized carbons (Fsp3) is 0.143. The molecule has 166 valence electrons. The second kappa shape index (κ2) is 11.0. The number of rotatable bonds is 9. The van der Waals surface area contributed by atoms with Crippen LogP contribution in [0.2, 0.25) is 0 Å². The summed E-state index contributed by atoms with van der Waals surface area (Å²) in [7, 11) is 0. The number of carbonyl (C=O) groups is 1. The van der Waals surface area contributed by atoms with E-state index in [1.807, 2.05) is 79.7 Å². The van der Waals surface area contributed by atoms with Gasteiger partial charge in [-0.15, -0.1) is 0 Å². The van der Waals surface area contributed by atoms with Gasteiger partial charge in [0.2, 0.25) is 0 Å². The van der Waals surface area contributed by atoms with Gasteiger partial charge in [-0.1, -0.05) is 60.7 Å². The lowest BCUT2D eigenvalue weighted by Gasteiger charge is -2.20. The average molecular weight is 439 g/mol. The average Bonchev–Trinajstić information content (AvgIpc) is 2.88. The number of nitrogens with one attached hydrogen (secondary N) is 1. The van der Waals surface area contributed by atoms with Crippen LogP contribution >= 0.6 is 0 Å². The van der Waals surface area contributed by atoms with Crippen molar-refractivity contribution in [1.29, 1.82) is 0 Å². The van der Waals surface area contributed by atoms with Crippen molar-refractivity contribution < 1.29 is 14.3 Å². The highest BCUT2D eigenvalue weighted by Crippen LogP contribution is 2.30. The minimum atomic E-state index is -0.266. The Labute approximate surface area is 194 Å². The van der Waals surface area contributed by atoms with Crippen LogP contribution in [0.25, 0.3) is 0 Å². The summed E-state index contributed by atoms with van der Waals surface area (Å²) in [6.07, 6.45) is 3.46. The molecule has 0 bridgehead atoms. The van der Waals surface area contributed by atoms with E-state index in [0.29, 0.717) is 30.3 Å². The first-order valence-corrected chi connectivity index (χ1v) is 10.9. The molecule has 0 saturated carbocycles. The van der Waals surface area contributed by atoms with Gasteiger partial charge in [-0.2, -0.15) is 0 Å². The molecule has 4 rings (SSSR count). The lowest BCUT2D eigenvalue weighted by molar-refractivity contribution is 0.0942. The first-order valence-electron chi connectivity index (χ1n) is 10.9. The molecule has 3 aromatic carbocycles. The minimum absolute atomic E-state index is 0.186. The van der Waals surface area contributed by atoms with E-state index in [1.165, 1.54) is 0 Å². The summed E-state index contributed by atoms with van der Waals surface area (Å²) >= 11 is 0. The molecular weight excluding hydrogens is 412 g/mol. The molecule has 0 radical (unpaired) electrons. The predicted octanol–water partition coefficient (Wildman–Crippen LogP) is 5.58. The van der Waals surface area contributed by atoms with E-state index >= 15 is 0 Å². The Balaban J connectivity index is 1.55. The first kappa shape index (κ1) is 22.1. The molecular formula is C28H26N2O3. The highest BCUT2D eigenvalue weighted by Gasteiger charge is 2.19. The van der Waals surface area contributed by atoms with Gasteiger partial charge in [0.05, 0.1) is 12.6 Å². The summed E-state index contributed by atoms with van der Waals surface area (Å²) in [6, 6.07) is 28.7. The Bertz CT molecular complexity index is 1130. The van der Waals surface area contributed by atoms with E-state index in [1.54, 1.807) is 30.6 Å². The lowest BCUT2D eigenvalue weighted by Crippen LogP contribution is -2.29. The van der Waals surface area contributed by atoms with Crippen LogP contribution in [0.4, 0.5) is 0 Å². The molecule has 5 nitrogen and oxygen atoms in total. The van der Waals surface area contributed by atoms with Gasteiger partial charge in [0.1, 0.15) is 6.61 Å². The number of carbonyl (C=O) groups excluding carboxylic acids is 1. The Morgan fingerprint density at radius 1 is 0.818 bits per heavy atom. The van der Waals surface area contributed by atoms with E-state index in [9.17, 15) is 4.79 Å². The van der Waals surface area contributed by atoms with Crippen molar-refractivity contribution in [2.45, 2.75) is 19.6 Å². The third kappa shape index (κ3) is 5.77. The second-order valence-corrected chi connectivity index (χ2v) is 7.47. The van der Waals surface area contributed by atoms with Crippen LogP contribution in [-0.4, -0.2) is 17.5 Å². The number of nitrogens with zero attached hydrogens (tertiary/aromatic N) is 1. The fourth-order valence-electron chi connectivity index (χ4n) is 3.54. The highest BCUT2D eigenvalue weighted by atomic mass is 16.5. The van der Waals surface area contributed by atoms with Gasteiger partial charge in [-0.3, -0.25) is 9.78 Å². The minimum Gasteiger partial charge on any atom is -0.490 e. The molecule has 0 spiro atoms. The molecule has 0 unspecified atom stereocenters. The monoisotopic (exact) mass is 438 g/mol. The van der Waals surface area contributed by atoms with Gasteiger partial charge < -0.3 is 14.8 Å². The van der Waals surface area contributed by atoms with E-state index < -0.39 is 0 Å². The number of ether oxygens (including phenoxy) is 2. The molecule has 1 N–H and O–H groups in total. The summed E-state index contributed by atoms with van der Waals surface area (Å²) in [4.78, 5) is 17.3. The molecule has 0 aliphatic rings. The van der Waals surface area contributed by atoms with Gasteiger partial charge in [0.25, 0.3) is 5.91 Å². The molecule has 33 heavy (non-hydrogen) atoms. The van der Waals surface area contributed by atoms with Crippen LogP contribution < -0.4 is 14.8 Å². The maximum absolute atomic E-state index is 13.2. The largest absolute Gasteiger partial charge is 0.490 e. The van der Waals surface area contributed by atoms with Crippen molar-refractivity contribution in [1.82, 2.24) is 10.3 Å². The van der Waals surface area contributed by atoms with Crippen LogP contribution in [0.1, 0.15) is 40.0 Å². The van der Waals surface area contributed by atoms with E-state index in [4.69, 9.17) is 9.47 Å². The van der Waals surface area contributed by atoms with Gasteiger partial charge in [-0.05, 0) is 53.9 Å². The Kier molecular flexibility index (Phi) is 7.33. The normalized spacial score (nSPS) is 10.6. The fourth-order valence-corrected chi connectivity index (χ4v) is 3.54. The van der Waals surface area contributed by atoms with Gasteiger partial charge >= 0.3 is 0 Å². The van der Waals surface area contributed by atoms with E-state index in [0.717, 1.165) is 16.7 Å². The zero-order valence-electron chi connectivity index (χ0n) is 18.5. The molecule has 1 heterocycles. The van der Waals surface area contributed by atoms with Crippen molar-refractivity contribution in [3.63, 3.8) is 0 Å². The van der Waals surface area contributed by atoms with Gasteiger partial charge in [0, 0.05) is 18.0 Å². The highest BCUT2D eigenvalue weighted by molar-refractivity contribution is 5.95. The molecule has 0 saturated heterocycles. The molecule has 5 heteroatoms. The topological polar surface area (TPSA) is 60.5 Å². The van der Waals surface area contributed by atoms with E-state index in [2.05, 4.69) is 10.3 Å². The number of aromatic nitrogens is 1. The maximum atomic E-state index is 13.2. The standard InChI is InChI=1S/C28H26N2O3/c1-2-32-26-19-24(13-14-25(26)33-20-21-15-17-29-18-16-21)28(31)30-27(22-9-5-3-6-10-22)23-11-7-4-8-12-23/h3-19,27H,2,20H2,1H3,(H,30,31). The summed E-state index contributed by atoms with van der Waals surface area (Å²) in [6.45, 7) is 2.76. The van der Waals surface area contributed by atoms with E-state index in [-0.39, 0.29) is 11.9 Å². The van der Waals surface area contributed by atoms with Crippen LogP contribution in [0, 0.1) is 0 Å². The predicted molar refractivity (Wildman–Crippen MR) is 128 cm³/mol. The zero-order chi connectivity index (χ0) is 22.9. The van der Waals surface area contributed by atoms with Gasteiger partial charge in [-0.25, -0.2) is 0 Å². The third-order valence-electron chi connectivity index (χ3n) is 5.19. The molecule has 1 aromatic heterocycles. The number of hydrogen-bond acceptors (Lipinski definition) is 4. The van der Waals surface area contributed by atoms with Crippen LogP contribution in [0.3, 0.4) is 0 Å². The van der Waals surface area contributed by atoms with Crippen LogP contribution in [0.5, 0.6) is 11.5 Å². The van der Waals surface area contributed by atoms with Crippen molar-refractivity contribution in [3.8, 4) is 11.5 Å². The number of amides is 1. The molecule has 0 atom stereocenters. The summed E-state index contributed by atoms with van der Waals surface area (Å²) < 4.78 is 11.7. The van der Waals surface area contributed by atoms with Crippen molar-refractivity contribution in [2.75, 3.05) is 6.61 Å². The Morgan fingerprint density at radius 3 is 2.06 bits per heavy atom. The maximum Gasteiger partial charge on any atom is 0.252 e. The summed E-state index contributed by atoms with van der Waals surface area (Å²) in [5, 5.41) is 3.17. The van der Waals surface area contributed by atoms with Crippen LogP contribution in [-0.2, 0) is 6.61 Å². The molecule has 0 aliphatic carbocycles. The van der Waals surface area contributed by atoms with Crippen molar-refractivity contribution in [2.24, 2.45) is 0 Å². The number of hydrogen-bond donors (Lipinski definition) is 1. The molecule has 4 aromatic rings. The quantitative estimate of drug-likeness (QED) is 0.371. The SMILES string of the molecule is CCOc1cc(C(=O)NC(c2ccccc2)c2ccccc2)ccc1OCc1ccncc1. The lowest BCUT2D eigenvalue weighted by atomic mass is 9.98. The summed E-state index contributed by atoms with van der Waals surface area (Å²) in [5.74, 6) is 0.942. The smallest absolute Gasteiger partial charge is 0.252 e. The number of benzene rings is 3. The first-order chi connectivity index (χ1) is 16.2. The Morgan fingerprint density at radius 2 is 1.45 bits per heavy atom. The van der Waals surface area contributed by atoms with Gasteiger partial charge in [0.15, 0.2) is 11.5 Å². The number of pyridine rings is 1. The van der Waals surface area contributed by atoms with Crippen molar-refractivity contribution in [3.05, 3.63) is 126 Å². The molecule has 1 amide bonds. The Hall–Kier alpha value is -4.12. The molecule has 0 fully saturated rings. The second-order valence-electron chi connectivity index (χ2n) is 7.47.